The van der Waals surface area contributed by atoms with Crippen LogP contribution < -0.4 is 4.74 Å². The Balaban J connectivity index is 0.00000364. The molecule has 1 unspecified atom stereocenters. The van der Waals surface area contributed by atoms with Gasteiger partial charge in [-0.15, -0.1) is 12.4 Å². The topological polar surface area (TPSA) is 59.0 Å². The summed E-state index contributed by atoms with van der Waals surface area (Å²) < 4.78 is 11.4. The van der Waals surface area contributed by atoms with E-state index in [1.807, 2.05) is 55.4 Å². The van der Waals surface area contributed by atoms with Gasteiger partial charge in [0.05, 0.1) is 0 Å². The Bertz CT molecular complexity index is 679. The van der Waals surface area contributed by atoms with Crippen LogP contribution in [0.2, 0.25) is 0 Å². The van der Waals surface area contributed by atoms with E-state index in [0.717, 1.165) is 24.2 Å². The van der Waals surface area contributed by atoms with Gasteiger partial charge in [-0.25, -0.2) is 4.79 Å². The van der Waals surface area contributed by atoms with E-state index in [1.165, 1.54) is 5.56 Å². The number of hydrogen-bond donors (Lipinski definition) is 1. The Morgan fingerprint density at radius 2 is 1.70 bits per heavy atom. The number of likely N-dealkylation sites (N-methyl/N-ethyl adjacent to an activating group) is 1. The summed E-state index contributed by atoms with van der Waals surface area (Å²) in [6.07, 6.45) is 1.52. The molecule has 1 atom stereocenters. The maximum Gasteiger partial charge on any atom is 0.329 e. The average Bonchev–Trinajstić information content (AvgIpc) is 2.63. The van der Waals surface area contributed by atoms with Crippen molar-refractivity contribution in [3.63, 3.8) is 0 Å². The SMILES string of the molecule is CN(C)CC(COc1ccccc1CCc1ccccc1)OCC(=O)O.Cl. The van der Waals surface area contributed by atoms with Crippen LogP contribution in [0.3, 0.4) is 0 Å². The number of halogens is 1. The fraction of sp³-hybridized carbons (Fsp3) is 0.381. The third-order valence-corrected chi connectivity index (χ3v) is 3.93. The van der Waals surface area contributed by atoms with Gasteiger partial charge in [-0.1, -0.05) is 48.5 Å². The van der Waals surface area contributed by atoms with E-state index in [2.05, 4.69) is 18.2 Å². The van der Waals surface area contributed by atoms with E-state index >= 15 is 0 Å². The number of nitrogens with zero attached hydrogens (tertiary/aromatic N) is 1. The zero-order valence-electron chi connectivity index (χ0n) is 15.8. The number of hydrogen-bond acceptors (Lipinski definition) is 4. The molecule has 0 saturated heterocycles. The average molecular weight is 394 g/mol. The summed E-state index contributed by atoms with van der Waals surface area (Å²) in [6, 6.07) is 18.3. The molecular weight excluding hydrogens is 366 g/mol. The van der Waals surface area contributed by atoms with Crippen LogP contribution in [0.15, 0.2) is 54.6 Å². The van der Waals surface area contributed by atoms with Crippen molar-refractivity contribution in [3.8, 4) is 5.75 Å². The first kappa shape index (κ1) is 23.0. The fourth-order valence-electron chi connectivity index (χ4n) is 2.71. The van der Waals surface area contributed by atoms with Crippen LogP contribution in [0.1, 0.15) is 11.1 Å². The molecule has 0 heterocycles. The summed E-state index contributed by atoms with van der Waals surface area (Å²) in [5.74, 6) is -0.150. The van der Waals surface area contributed by atoms with Gasteiger partial charge in [0.2, 0.25) is 0 Å². The molecule has 2 aromatic rings. The summed E-state index contributed by atoms with van der Waals surface area (Å²) >= 11 is 0. The van der Waals surface area contributed by atoms with Gasteiger partial charge in [-0.2, -0.15) is 0 Å². The Labute approximate surface area is 167 Å². The van der Waals surface area contributed by atoms with E-state index in [1.54, 1.807) is 0 Å². The summed E-state index contributed by atoms with van der Waals surface area (Å²) in [6.45, 7) is 0.588. The predicted molar refractivity (Wildman–Crippen MR) is 109 cm³/mol. The maximum absolute atomic E-state index is 10.8. The molecule has 27 heavy (non-hydrogen) atoms. The number of rotatable bonds is 11. The van der Waals surface area contributed by atoms with E-state index in [-0.39, 0.29) is 25.1 Å². The summed E-state index contributed by atoms with van der Waals surface area (Å²) in [5.41, 5.74) is 2.43. The molecule has 0 aromatic heterocycles. The number of para-hydroxylation sites is 1. The lowest BCUT2D eigenvalue weighted by Gasteiger charge is -2.22. The van der Waals surface area contributed by atoms with Crippen LogP contribution in [0.5, 0.6) is 5.75 Å². The minimum atomic E-state index is -0.975. The second-order valence-electron chi connectivity index (χ2n) is 6.49. The third kappa shape index (κ3) is 8.91. The monoisotopic (exact) mass is 393 g/mol. The number of carboxylic acids is 1. The van der Waals surface area contributed by atoms with Crippen LogP contribution in [0, 0.1) is 0 Å². The third-order valence-electron chi connectivity index (χ3n) is 3.93. The molecule has 148 valence electrons. The summed E-state index contributed by atoms with van der Waals surface area (Å²) in [5, 5.41) is 8.82. The molecule has 0 saturated carbocycles. The van der Waals surface area contributed by atoms with Crippen molar-refractivity contribution in [1.82, 2.24) is 4.90 Å². The van der Waals surface area contributed by atoms with Gasteiger partial charge in [0, 0.05) is 6.54 Å². The Morgan fingerprint density at radius 1 is 1.04 bits per heavy atom. The fourth-order valence-corrected chi connectivity index (χ4v) is 2.71. The molecule has 0 spiro atoms. The molecule has 0 bridgehead atoms. The normalized spacial score (nSPS) is 11.7. The molecule has 0 aliphatic heterocycles. The Hall–Kier alpha value is -2.08. The van der Waals surface area contributed by atoms with E-state index in [0.29, 0.717) is 13.2 Å². The van der Waals surface area contributed by atoms with Gasteiger partial charge in [-0.3, -0.25) is 0 Å². The highest BCUT2D eigenvalue weighted by atomic mass is 35.5. The molecule has 0 amide bonds. The van der Waals surface area contributed by atoms with Crippen LogP contribution in [0.4, 0.5) is 0 Å². The van der Waals surface area contributed by atoms with E-state index in [9.17, 15) is 4.79 Å². The molecule has 2 aromatic carbocycles. The summed E-state index contributed by atoms with van der Waals surface area (Å²) in [4.78, 5) is 12.7. The first-order valence-electron chi connectivity index (χ1n) is 8.77. The number of carbonyl (C=O) groups is 1. The largest absolute Gasteiger partial charge is 0.491 e. The van der Waals surface area contributed by atoms with Gasteiger partial charge in [0.25, 0.3) is 0 Å². The zero-order valence-corrected chi connectivity index (χ0v) is 16.7. The van der Waals surface area contributed by atoms with Gasteiger partial charge < -0.3 is 19.5 Å². The minimum Gasteiger partial charge on any atom is -0.491 e. The Morgan fingerprint density at radius 3 is 2.37 bits per heavy atom. The van der Waals surface area contributed by atoms with Crippen LogP contribution in [-0.4, -0.2) is 55.9 Å². The number of aliphatic carboxylic acids is 1. The van der Waals surface area contributed by atoms with Crippen LogP contribution in [0.25, 0.3) is 0 Å². The van der Waals surface area contributed by atoms with Crippen molar-refractivity contribution in [2.45, 2.75) is 18.9 Å². The lowest BCUT2D eigenvalue weighted by molar-refractivity contribution is -0.145. The van der Waals surface area contributed by atoms with E-state index < -0.39 is 5.97 Å². The molecule has 0 aliphatic carbocycles. The van der Waals surface area contributed by atoms with E-state index in [4.69, 9.17) is 14.6 Å². The lowest BCUT2D eigenvalue weighted by Crippen LogP contribution is -2.34. The molecule has 6 heteroatoms. The highest BCUT2D eigenvalue weighted by Crippen LogP contribution is 2.20. The first-order valence-corrected chi connectivity index (χ1v) is 8.77. The number of benzene rings is 2. The summed E-state index contributed by atoms with van der Waals surface area (Å²) in [7, 11) is 3.84. The van der Waals surface area contributed by atoms with Gasteiger partial charge >= 0.3 is 5.97 Å². The molecule has 0 fully saturated rings. The molecule has 2 rings (SSSR count). The molecule has 5 nitrogen and oxygen atoms in total. The molecule has 0 radical (unpaired) electrons. The number of ether oxygens (including phenoxy) is 2. The maximum atomic E-state index is 10.8. The van der Waals surface area contributed by atoms with Crippen molar-refractivity contribution in [2.24, 2.45) is 0 Å². The first-order chi connectivity index (χ1) is 12.5. The smallest absolute Gasteiger partial charge is 0.329 e. The second-order valence-corrected chi connectivity index (χ2v) is 6.49. The second kappa shape index (κ2) is 12.3. The van der Waals surface area contributed by atoms with Gasteiger partial charge in [0.15, 0.2) is 0 Å². The van der Waals surface area contributed by atoms with Crippen molar-refractivity contribution in [2.75, 3.05) is 33.9 Å². The van der Waals surface area contributed by atoms with Crippen molar-refractivity contribution in [3.05, 3.63) is 65.7 Å². The van der Waals surface area contributed by atoms with Crippen molar-refractivity contribution >= 4 is 18.4 Å². The van der Waals surface area contributed by atoms with Gasteiger partial charge in [-0.05, 0) is 44.1 Å². The zero-order chi connectivity index (χ0) is 18.8. The van der Waals surface area contributed by atoms with Crippen LogP contribution >= 0.6 is 12.4 Å². The molecular formula is C21H28ClNO4. The molecule has 0 aliphatic rings. The standard InChI is InChI=1S/C21H27NO4.ClH/c1-22(2)14-19(25-16-21(23)24)15-26-20-11-7-6-10-18(20)13-12-17-8-4-3-5-9-17;/h3-11,19H,12-16H2,1-2H3,(H,23,24);1H. The van der Waals surface area contributed by atoms with Crippen LogP contribution in [-0.2, 0) is 22.4 Å². The highest BCUT2D eigenvalue weighted by Gasteiger charge is 2.14. The lowest BCUT2D eigenvalue weighted by atomic mass is 10.0. The van der Waals surface area contributed by atoms with Crippen molar-refractivity contribution in [1.29, 1.82) is 0 Å². The quantitative estimate of drug-likeness (QED) is 0.634. The van der Waals surface area contributed by atoms with Crippen molar-refractivity contribution < 1.29 is 19.4 Å². The number of aryl methyl sites for hydroxylation is 2. The van der Waals surface area contributed by atoms with Gasteiger partial charge in [0.1, 0.15) is 25.1 Å². The highest BCUT2D eigenvalue weighted by molar-refractivity contribution is 5.85. The minimum absolute atomic E-state index is 0. The number of carboxylic acid groups (broad SMARTS) is 1. The molecule has 1 N–H and O–H groups in total. The predicted octanol–water partition coefficient (Wildman–Crippen LogP) is 3.30. The Kier molecular flexibility index (Phi) is 10.5.